The van der Waals surface area contributed by atoms with E-state index in [2.05, 4.69) is 15.4 Å². The Morgan fingerprint density at radius 2 is 1.91 bits per heavy atom. The zero-order chi connectivity index (χ0) is 24.2. The predicted molar refractivity (Wildman–Crippen MR) is 134 cm³/mol. The average Bonchev–Trinajstić information content (AvgIpc) is 3.19. The average molecular weight is 458 g/mol. The number of benzene rings is 2. The number of nitrogens with one attached hydrogen (secondary N) is 1. The Balaban J connectivity index is 0.000000192. The smallest absolute Gasteiger partial charge is 0.266 e. The molecular weight excluding hydrogens is 430 g/mol. The predicted octanol–water partition coefficient (Wildman–Crippen LogP) is 2.29. The molecule has 0 amide bonds. The van der Waals surface area contributed by atoms with E-state index in [1.165, 1.54) is 0 Å². The van der Waals surface area contributed by atoms with E-state index >= 15 is 0 Å². The van der Waals surface area contributed by atoms with Gasteiger partial charge in [0.2, 0.25) is 0 Å². The van der Waals surface area contributed by atoms with Crippen LogP contribution < -0.4 is 16.6 Å². The van der Waals surface area contributed by atoms with Gasteiger partial charge < -0.3 is 15.8 Å². The summed E-state index contributed by atoms with van der Waals surface area (Å²) in [5.74, 6) is 0.654. The molecule has 2 aliphatic rings. The first-order valence-corrected chi connectivity index (χ1v) is 11.0. The van der Waals surface area contributed by atoms with Gasteiger partial charge in [-0.05, 0) is 50.7 Å². The number of rotatable bonds is 4. The van der Waals surface area contributed by atoms with E-state index in [4.69, 9.17) is 10.7 Å². The molecule has 0 fully saturated rings. The Labute approximate surface area is 197 Å². The van der Waals surface area contributed by atoms with Crippen LogP contribution in [0.5, 0.6) is 0 Å². The number of carbonyl (C=O) groups excluding carboxylic acids is 1. The first kappa shape index (κ1) is 23.1. The maximum absolute atomic E-state index is 13.1. The second kappa shape index (κ2) is 9.80. The number of nitrogens with zero attached hydrogens (tertiary/aromatic N) is 5. The van der Waals surface area contributed by atoms with Gasteiger partial charge in [-0.15, -0.1) is 0 Å². The molecule has 2 aromatic carbocycles. The Hall–Kier alpha value is -4.11. The number of aromatic nitrogens is 2. The van der Waals surface area contributed by atoms with Gasteiger partial charge in [0.15, 0.2) is 6.17 Å². The van der Waals surface area contributed by atoms with Crippen LogP contribution >= 0.6 is 0 Å². The van der Waals surface area contributed by atoms with Crippen LogP contribution in [0.1, 0.15) is 24.4 Å². The van der Waals surface area contributed by atoms with Crippen LogP contribution in [0.25, 0.3) is 16.6 Å². The lowest BCUT2D eigenvalue weighted by Crippen LogP contribution is -2.33. The molecule has 0 spiro atoms. The van der Waals surface area contributed by atoms with Crippen LogP contribution in [0, 0.1) is 12.8 Å². The number of aldehydes is 1. The second-order valence-corrected chi connectivity index (χ2v) is 8.05. The standard InChI is InChI=1S/C18H19N3O.C7H8N4O/c1-12-8-7-11-15-16(12)18(22)21(14-9-5-4-6-10-14)17(20-15)13(2)19-3;8-6-5(4-12)7-9-2-1-3-11(7)10-6/h4-11,13,19H,1-3H3;1-5,7H,(H2,8,10). The summed E-state index contributed by atoms with van der Waals surface area (Å²) in [6.45, 7) is 3.95. The number of hydrogen-bond acceptors (Lipinski definition) is 8. The number of carbonyl (C=O) groups is 1. The SMILES string of the molecule is CNC(C)c1nc2cccc(C)c2c(=O)n1-c1ccccc1.NC1=NN2C=CC=NC2C1C=O. The minimum absolute atomic E-state index is 0.0219. The fourth-order valence-corrected chi connectivity index (χ4v) is 3.92. The van der Waals surface area contributed by atoms with Gasteiger partial charge in [0.1, 0.15) is 23.9 Å². The minimum atomic E-state index is -0.397. The zero-order valence-electron chi connectivity index (χ0n) is 19.3. The number of hydrazone groups is 1. The van der Waals surface area contributed by atoms with Gasteiger partial charge in [0.25, 0.3) is 5.56 Å². The van der Waals surface area contributed by atoms with Crippen LogP contribution in [-0.2, 0) is 4.79 Å². The highest BCUT2D eigenvalue weighted by Crippen LogP contribution is 2.22. The van der Waals surface area contributed by atoms with Gasteiger partial charge in [-0.2, -0.15) is 5.10 Å². The van der Waals surface area contributed by atoms with E-state index in [1.54, 1.807) is 28.1 Å². The van der Waals surface area contributed by atoms with Crippen molar-refractivity contribution in [2.24, 2.45) is 21.7 Å². The molecule has 3 unspecified atom stereocenters. The van der Waals surface area contributed by atoms with E-state index in [0.717, 1.165) is 28.9 Å². The fourth-order valence-electron chi connectivity index (χ4n) is 3.92. The first-order valence-electron chi connectivity index (χ1n) is 11.0. The molecule has 0 saturated carbocycles. The lowest BCUT2D eigenvalue weighted by Gasteiger charge is -2.19. The van der Waals surface area contributed by atoms with E-state index in [1.807, 2.05) is 69.4 Å². The molecule has 0 bridgehead atoms. The van der Waals surface area contributed by atoms with Crippen molar-refractivity contribution in [2.45, 2.75) is 26.1 Å². The van der Waals surface area contributed by atoms with Crippen LogP contribution in [0.4, 0.5) is 0 Å². The van der Waals surface area contributed by atoms with E-state index in [9.17, 15) is 9.59 Å². The van der Waals surface area contributed by atoms with Crippen molar-refractivity contribution in [3.8, 4) is 5.69 Å². The number of aliphatic imine (C=N–C) groups is 1. The van der Waals surface area contributed by atoms with Crippen molar-refractivity contribution >= 4 is 29.2 Å². The minimum Gasteiger partial charge on any atom is -0.385 e. The molecule has 2 aliphatic heterocycles. The highest BCUT2D eigenvalue weighted by Gasteiger charge is 2.35. The molecule has 9 heteroatoms. The largest absolute Gasteiger partial charge is 0.385 e. The third-order valence-electron chi connectivity index (χ3n) is 5.84. The molecule has 5 rings (SSSR count). The molecule has 9 nitrogen and oxygen atoms in total. The maximum Gasteiger partial charge on any atom is 0.266 e. The molecule has 3 heterocycles. The topological polar surface area (TPSA) is 118 Å². The van der Waals surface area contributed by atoms with Gasteiger partial charge in [-0.25, -0.2) is 9.99 Å². The van der Waals surface area contributed by atoms with Crippen molar-refractivity contribution in [1.29, 1.82) is 0 Å². The van der Waals surface area contributed by atoms with Gasteiger partial charge in [0.05, 0.1) is 22.6 Å². The van der Waals surface area contributed by atoms with Crippen LogP contribution in [0.3, 0.4) is 0 Å². The zero-order valence-corrected chi connectivity index (χ0v) is 19.3. The summed E-state index contributed by atoms with van der Waals surface area (Å²) in [5, 5.41) is 9.41. The Morgan fingerprint density at radius 3 is 2.62 bits per heavy atom. The highest BCUT2D eigenvalue weighted by molar-refractivity contribution is 5.97. The van der Waals surface area contributed by atoms with Crippen LogP contribution in [0.15, 0.2) is 75.7 Å². The summed E-state index contributed by atoms with van der Waals surface area (Å²) in [7, 11) is 1.87. The summed E-state index contributed by atoms with van der Waals surface area (Å²) in [5.41, 5.74) is 8.02. The number of allylic oxidation sites excluding steroid dienone is 1. The molecule has 3 N–H and O–H groups in total. The van der Waals surface area contributed by atoms with Crippen molar-refractivity contribution in [2.75, 3.05) is 7.05 Å². The van der Waals surface area contributed by atoms with Crippen molar-refractivity contribution in [3.05, 3.63) is 82.5 Å². The lowest BCUT2D eigenvalue weighted by molar-refractivity contribution is -0.110. The monoisotopic (exact) mass is 457 g/mol. The van der Waals surface area contributed by atoms with Crippen molar-refractivity contribution < 1.29 is 4.79 Å². The van der Waals surface area contributed by atoms with Crippen molar-refractivity contribution in [1.82, 2.24) is 19.9 Å². The van der Waals surface area contributed by atoms with Gasteiger partial charge in [-0.1, -0.05) is 30.3 Å². The Kier molecular flexibility index (Phi) is 6.65. The molecule has 0 radical (unpaired) electrons. The second-order valence-electron chi connectivity index (χ2n) is 8.05. The van der Waals surface area contributed by atoms with Gasteiger partial charge in [0, 0.05) is 12.4 Å². The summed E-state index contributed by atoms with van der Waals surface area (Å²) in [4.78, 5) is 32.5. The molecule has 0 saturated heterocycles. The molecular formula is C25H27N7O2. The van der Waals surface area contributed by atoms with E-state index in [0.29, 0.717) is 11.2 Å². The summed E-state index contributed by atoms with van der Waals surface area (Å²) < 4.78 is 1.70. The molecule has 3 aromatic rings. The Morgan fingerprint density at radius 1 is 1.15 bits per heavy atom. The third-order valence-corrected chi connectivity index (χ3v) is 5.84. The van der Waals surface area contributed by atoms with E-state index < -0.39 is 5.92 Å². The molecule has 34 heavy (non-hydrogen) atoms. The normalized spacial score (nSPS) is 19.3. The number of aryl methyl sites for hydroxylation is 1. The maximum atomic E-state index is 13.1. The third kappa shape index (κ3) is 4.25. The van der Waals surface area contributed by atoms with Gasteiger partial charge >= 0.3 is 0 Å². The summed E-state index contributed by atoms with van der Waals surface area (Å²) >= 11 is 0. The summed E-state index contributed by atoms with van der Waals surface area (Å²) in [6.07, 6.45) is 5.66. The molecule has 1 aromatic heterocycles. The number of hydrogen-bond donors (Lipinski definition) is 2. The molecule has 0 aliphatic carbocycles. The van der Waals surface area contributed by atoms with Crippen molar-refractivity contribution in [3.63, 3.8) is 0 Å². The molecule has 3 atom stereocenters. The summed E-state index contributed by atoms with van der Waals surface area (Å²) in [6, 6.07) is 15.4. The number of nitrogens with two attached hydrogens (primary N) is 1. The number of fused-ring (bicyclic) bond motifs is 2. The number of para-hydroxylation sites is 1. The van der Waals surface area contributed by atoms with E-state index in [-0.39, 0.29) is 17.8 Å². The lowest BCUT2D eigenvalue weighted by atomic mass is 10.1. The van der Waals surface area contributed by atoms with Crippen LogP contribution in [0.2, 0.25) is 0 Å². The van der Waals surface area contributed by atoms with Gasteiger partial charge in [-0.3, -0.25) is 14.4 Å². The first-order chi connectivity index (χ1) is 16.5. The van der Waals surface area contributed by atoms with Crippen LogP contribution in [-0.4, -0.2) is 46.1 Å². The Bertz CT molecular complexity index is 1340. The quantitative estimate of drug-likeness (QED) is 0.581. The number of amidine groups is 1. The highest BCUT2D eigenvalue weighted by atomic mass is 16.1. The fraction of sp³-hybridized carbons (Fsp3) is 0.240. The molecule has 174 valence electrons.